The van der Waals surface area contributed by atoms with Gasteiger partial charge in [-0.3, -0.25) is 0 Å². The molecule has 1 rings (SSSR count). The summed E-state index contributed by atoms with van der Waals surface area (Å²) in [4.78, 5) is 14.3. The molecule has 0 fully saturated rings. The van der Waals surface area contributed by atoms with Crippen LogP contribution in [0, 0.1) is 0 Å². The molecule has 2 N–H and O–H groups in total. The Morgan fingerprint density at radius 1 is 1.47 bits per heavy atom. The molecule has 1 aromatic rings. The summed E-state index contributed by atoms with van der Waals surface area (Å²) < 4.78 is 67.3. The smallest absolute Gasteiger partial charge is 0.419 e. The van der Waals surface area contributed by atoms with Gasteiger partial charge in [0.2, 0.25) is 0 Å². The molecule has 1 aromatic heterocycles. The predicted molar refractivity (Wildman–Crippen MR) is 54.6 cm³/mol. The summed E-state index contributed by atoms with van der Waals surface area (Å²) in [5, 5.41) is 0. The van der Waals surface area contributed by atoms with Crippen molar-refractivity contribution >= 4 is 11.8 Å². The summed E-state index contributed by atoms with van der Waals surface area (Å²) >= 11 is 0. The van der Waals surface area contributed by atoms with Crippen LogP contribution in [0.3, 0.4) is 0 Å². The van der Waals surface area contributed by atoms with Gasteiger partial charge in [0, 0.05) is 0 Å². The second-order valence-corrected chi connectivity index (χ2v) is 3.37. The molecule has 106 valence electrons. The highest BCUT2D eigenvalue weighted by Crippen LogP contribution is 2.35. The monoisotopic (exact) mass is 284 g/mol. The van der Waals surface area contributed by atoms with Crippen LogP contribution in [0.2, 0.25) is 0 Å². The first-order valence-corrected chi connectivity index (χ1v) is 5.01. The second-order valence-electron chi connectivity index (χ2n) is 3.37. The molecule has 9 heteroatoms. The first-order chi connectivity index (χ1) is 8.68. The Bertz CT molecular complexity index is 488. The Kier molecular flexibility index (Phi) is 4.28. The van der Waals surface area contributed by atoms with Crippen molar-refractivity contribution in [3.05, 3.63) is 22.9 Å². The largest absolute Gasteiger partial charge is 0.462 e. The summed E-state index contributed by atoms with van der Waals surface area (Å²) in [7, 11) is 0. The van der Waals surface area contributed by atoms with Crippen LogP contribution < -0.4 is 5.73 Å². The van der Waals surface area contributed by atoms with Crippen molar-refractivity contribution in [2.75, 3.05) is 12.3 Å². The van der Waals surface area contributed by atoms with Gasteiger partial charge in [-0.2, -0.15) is 13.2 Å². The molecule has 0 spiro atoms. The molecule has 0 aliphatic rings. The number of hydrogen-bond acceptors (Lipinski definition) is 4. The van der Waals surface area contributed by atoms with E-state index < -0.39 is 41.2 Å². The van der Waals surface area contributed by atoms with Crippen molar-refractivity contribution in [2.45, 2.75) is 19.5 Å². The lowest BCUT2D eigenvalue weighted by atomic mass is 10.1. The van der Waals surface area contributed by atoms with Crippen LogP contribution in [0.5, 0.6) is 0 Å². The number of ether oxygens (including phenoxy) is 1. The fraction of sp³-hybridized carbons (Fsp3) is 0.400. The predicted octanol–water partition coefficient (Wildman–Crippen LogP) is 2.80. The third-order valence-electron chi connectivity index (χ3n) is 2.09. The average Bonchev–Trinajstić information content (AvgIpc) is 2.26. The van der Waals surface area contributed by atoms with Crippen molar-refractivity contribution < 1.29 is 31.5 Å². The number of hydrogen-bond donors (Lipinski definition) is 1. The quantitative estimate of drug-likeness (QED) is 0.684. The number of pyridine rings is 1. The van der Waals surface area contributed by atoms with E-state index in [0.717, 1.165) is 0 Å². The number of halogens is 5. The van der Waals surface area contributed by atoms with Gasteiger partial charge in [0.05, 0.1) is 17.7 Å². The maximum atomic E-state index is 12.6. The van der Waals surface area contributed by atoms with Crippen molar-refractivity contribution in [3.63, 3.8) is 0 Å². The van der Waals surface area contributed by atoms with Crippen LogP contribution in [-0.4, -0.2) is 17.6 Å². The van der Waals surface area contributed by atoms with E-state index in [1.165, 1.54) is 6.92 Å². The highest BCUT2D eigenvalue weighted by Gasteiger charge is 2.36. The number of nitrogens with two attached hydrogens (primary N) is 1. The van der Waals surface area contributed by atoms with Gasteiger partial charge in [0.1, 0.15) is 11.5 Å². The number of nitrogen functional groups attached to an aromatic ring is 1. The van der Waals surface area contributed by atoms with E-state index in [2.05, 4.69) is 9.72 Å². The van der Waals surface area contributed by atoms with Gasteiger partial charge in [-0.15, -0.1) is 0 Å². The Labute approximate surface area is 104 Å². The molecule has 0 aliphatic carbocycles. The van der Waals surface area contributed by atoms with E-state index in [-0.39, 0.29) is 12.7 Å². The van der Waals surface area contributed by atoms with Gasteiger partial charge in [-0.05, 0) is 13.0 Å². The number of aromatic nitrogens is 1. The number of nitrogens with zero attached hydrogens (tertiary/aromatic N) is 1. The molecule has 4 nitrogen and oxygen atoms in total. The molecule has 0 unspecified atom stereocenters. The van der Waals surface area contributed by atoms with Crippen LogP contribution in [0.4, 0.5) is 27.8 Å². The minimum absolute atomic E-state index is 0.173. The minimum atomic E-state index is -4.90. The van der Waals surface area contributed by atoms with Gasteiger partial charge in [-0.1, -0.05) is 0 Å². The van der Waals surface area contributed by atoms with Gasteiger partial charge >= 0.3 is 12.1 Å². The normalized spacial score (nSPS) is 11.7. The number of alkyl halides is 5. The molecule has 0 amide bonds. The zero-order valence-electron chi connectivity index (χ0n) is 9.59. The zero-order chi connectivity index (χ0) is 14.8. The molecule has 0 saturated heterocycles. The zero-order valence-corrected chi connectivity index (χ0v) is 9.59. The first-order valence-electron chi connectivity index (χ1n) is 5.01. The van der Waals surface area contributed by atoms with Crippen LogP contribution in [0.1, 0.15) is 35.0 Å². The van der Waals surface area contributed by atoms with E-state index in [0.29, 0.717) is 0 Å². The van der Waals surface area contributed by atoms with Crippen molar-refractivity contribution in [2.24, 2.45) is 0 Å². The van der Waals surface area contributed by atoms with Crippen LogP contribution in [0.15, 0.2) is 6.07 Å². The van der Waals surface area contributed by atoms with Gasteiger partial charge < -0.3 is 10.5 Å². The van der Waals surface area contributed by atoms with Crippen LogP contribution in [0.25, 0.3) is 0 Å². The maximum Gasteiger partial charge on any atom is 0.419 e. The van der Waals surface area contributed by atoms with E-state index in [1.807, 2.05) is 0 Å². The number of carbonyl (C=O) groups excluding carboxylic acids is 1. The van der Waals surface area contributed by atoms with Crippen LogP contribution >= 0.6 is 0 Å². The summed E-state index contributed by atoms with van der Waals surface area (Å²) in [6.45, 7) is 1.21. The van der Waals surface area contributed by atoms with Gasteiger partial charge in [0.25, 0.3) is 6.43 Å². The van der Waals surface area contributed by atoms with Crippen LogP contribution in [-0.2, 0) is 10.9 Å². The lowest BCUT2D eigenvalue weighted by molar-refractivity contribution is -0.137. The Balaban J connectivity index is 3.44. The van der Waals surface area contributed by atoms with E-state index in [4.69, 9.17) is 5.73 Å². The summed E-state index contributed by atoms with van der Waals surface area (Å²) in [5.74, 6) is -2.42. The Morgan fingerprint density at radius 3 is 2.47 bits per heavy atom. The first kappa shape index (κ1) is 15.1. The average molecular weight is 284 g/mol. The summed E-state index contributed by atoms with van der Waals surface area (Å²) in [5.41, 5.74) is 1.43. The Hall–Kier alpha value is -1.93. The second kappa shape index (κ2) is 5.37. The molecule has 0 atom stereocenters. The van der Waals surface area contributed by atoms with Crippen molar-refractivity contribution in [3.8, 4) is 0 Å². The topological polar surface area (TPSA) is 65.2 Å². The molecule has 0 bridgehead atoms. The fourth-order valence-corrected chi connectivity index (χ4v) is 1.31. The van der Waals surface area contributed by atoms with Gasteiger partial charge in [-0.25, -0.2) is 18.6 Å². The molecular formula is C10H9F5N2O2. The van der Waals surface area contributed by atoms with E-state index in [9.17, 15) is 26.7 Å². The molecular weight excluding hydrogens is 275 g/mol. The molecule has 0 radical (unpaired) electrons. The minimum Gasteiger partial charge on any atom is -0.462 e. The molecule has 0 aromatic carbocycles. The highest BCUT2D eigenvalue weighted by molar-refractivity contribution is 5.91. The van der Waals surface area contributed by atoms with Gasteiger partial charge in [0.15, 0.2) is 0 Å². The highest BCUT2D eigenvalue weighted by atomic mass is 19.4. The molecule has 19 heavy (non-hydrogen) atoms. The standard InChI is InChI=1S/C10H9F5N2O2/c1-2-19-9(18)4-3-5(10(13,14)15)8(16)17-6(4)7(11)12/h3,7H,2H2,1H3,(H2,16,17). The Morgan fingerprint density at radius 2 is 2.05 bits per heavy atom. The number of anilines is 1. The molecule has 0 aliphatic heterocycles. The third-order valence-corrected chi connectivity index (χ3v) is 2.09. The number of esters is 1. The third kappa shape index (κ3) is 3.30. The fourth-order valence-electron chi connectivity index (χ4n) is 1.31. The van der Waals surface area contributed by atoms with Crippen molar-refractivity contribution in [1.29, 1.82) is 0 Å². The molecule has 1 heterocycles. The van der Waals surface area contributed by atoms with E-state index in [1.54, 1.807) is 0 Å². The van der Waals surface area contributed by atoms with E-state index >= 15 is 0 Å². The molecule has 0 saturated carbocycles. The lowest BCUT2D eigenvalue weighted by Gasteiger charge is -2.14. The summed E-state index contributed by atoms with van der Waals surface area (Å²) in [6.07, 6.45) is -8.15. The SMILES string of the molecule is CCOC(=O)c1cc(C(F)(F)F)c(N)nc1C(F)F. The lowest BCUT2D eigenvalue weighted by Crippen LogP contribution is -2.17. The summed E-state index contributed by atoms with van der Waals surface area (Å²) in [6, 6.07) is 0.224. The number of rotatable bonds is 3. The van der Waals surface area contributed by atoms with Crippen molar-refractivity contribution in [1.82, 2.24) is 4.98 Å². The number of carbonyl (C=O) groups is 1. The maximum absolute atomic E-state index is 12.6.